The molecule has 1 unspecified atom stereocenters. The van der Waals surface area contributed by atoms with E-state index in [1.807, 2.05) is 34.9 Å². The Hall–Kier alpha value is -1.79. The molecule has 2 fully saturated rings. The highest BCUT2D eigenvalue weighted by molar-refractivity contribution is 8.01. The van der Waals surface area contributed by atoms with Crippen LogP contribution in [0, 0.1) is 0 Å². The fourth-order valence-corrected chi connectivity index (χ4v) is 4.73. The van der Waals surface area contributed by atoms with Crippen molar-refractivity contribution < 1.29 is 13.9 Å². The highest BCUT2D eigenvalue weighted by atomic mass is 32.2. The molecule has 5 nitrogen and oxygen atoms in total. The van der Waals surface area contributed by atoms with E-state index >= 15 is 0 Å². The minimum absolute atomic E-state index is 0.0582. The van der Waals surface area contributed by atoms with E-state index in [2.05, 4.69) is 4.98 Å². The number of aromatic nitrogens is 1. The summed E-state index contributed by atoms with van der Waals surface area (Å²) in [5, 5.41) is 0. The van der Waals surface area contributed by atoms with Crippen molar-refractivity contribution in [2.45, 2.75) is 23.9 Å². The van der Waals surface area contributed by atoms with Gasteiger partial charge in [-0.15, -0.1) is 11.8 Å². The maximum absolute atomic E-state index is 12.2. The van der Waals surface area contributed by atoms with Crippen molar-refractivity contribution >= 4 is 17.7 Å². The number of carbonyl (C=O) groups excluding carboxylic acids is 1. The molecule has 2 aromatic heterocycles. The summed E-state index contributed by atoms with van der Waals surface area (Å²) >= 11 is 1.93. The second-order valence-electron chi connectivity index (χ2n) is 6.13. The molecule has 1 amide bonds. The zero-order valence-electron chi connectivity index (χ0n) is 12.7. The fourth-order valence-electron chi connectivity index (χ4n) is 3.18. The molecule has 4 rings (SSSR count). The third-order valence-corrected chi connectivity index (χ3v) is 5.96. The number of rotatable bonds is 4. The standard InChI is InChI=1S/C17H18N2O3S/c20-16(13-4-6-21-8-13)19-11-17(12-19)7-15(10-23-17)22-9-14-3-1-2-5-18-14/h1-6,8,15H,7,9-12H2. The van der Waals surface area contributed by atoms with Crippen molar-refractivity contribution in [2.75, 3.05) is 18.8 Å². The van der Waals surface area contributed by atoms with Crippen LogP contribution in [0.4, 0.5) is 0 Å². The molecule has 0 radical (unpaired) electrons. The number of hydrogen-bond acceptors (Lipinski definition) is 5. The van der Waals surface area contributed by atoms with Gasteiger partial charge >= 0.3 is 0 Å². The fraction of sp³-hybridized carbons (Fsp3) is 0.412. The van der Waals surface area contributed by atoms with Crippen molar-refractivity contribution in [3.8, 4) is 0 Å². The molecule has 23 heavy (non-hydrogen) atoms. The van der Waals surface area contributed by atoms with E-state index in [9.17, 15) is 4.79 Å². The molecule has 2 saturated heterocycles. The predicted octanol–water partition coefficient (Wildman–Crippen LogP) is 2.59. The molecular formula is C17H18N2O3S. The van der Waals surface area contributed by atoms with E-state index < -0.39 is 0 Å². The van der Waals surface area contributed by atoms with E-state index in [4.69, 9.17) is 9.15 Å². The van der Waals surface area contributed by atoms with E-state index in [1.165, 1.54) is 12.5 Å². The van der Waals surface area contributed by atoms with Gasteiger partial charge < -0.3 is 14.1 Å². The molecular weight excluding hydrogens is 312 g/mol. The van der Waals surface area contributed by atoms with Gasteiger partial charge in [0.25, 0.3) is 5.91 Å². The Bertz CT molecular complexity index is 668. The van der Waals surface area contributed by atoms with Crippen LogP contribution in [0.15, 0.2) is 47.4 Å². The van der Waals surface area contributed by atoms with Crippen LogP contribution in [-0.4, -0.2) is 45.5 Å². The topological polar surface area (TPSA) is 55.6 Å². The Labute approximate surface area is 139 Å². The van der Waals surface area contributed by atoms with Gasteiger partial charge in [-0.25, -0.2) is 0 Å². The third-order valence-electron chi connectivity index (χ3n) is 4.38. The minimum atomic E-state index is 0.0582. The van der Waals surface area contributed by atoms with Crippen LogP contribution in [0.2, 0.25) is 0 Å². The third kappa shape index (κ3) is 3.01. The van der Waals surface area contributed by atoms with Gasteiger partial charge in [-0.3, -0.25) is 9.78 Å². The van der Waals surface area contributed by atoms with Gasteiger partial charge in [0.15, 0.2) is 0 Å². The summed E-state index contributed by atoms with van der Waals surface area (Å²) < 4.78 is 11.1. The summed E-state index contributed by atoms with van der Waals surface area (Å²) in [4.78, 5) is 18.4. The number of carbonyl (C=O) groups is 1. The van der Waals surface area contributed by atoms with Crippen LogP contribution < -0.4 is 0 Å². The molecule has 2 aliphatic heterocycles. The van der Waals surface area contributed by atoms with Crippen molar-refractivity contribution in [2.24, 2.45) is 0 Å². The van der Waals surface area contributed by atoms with Gasteiger partial charge in [0.1, 0.15) is 6.26 Å². The number of likely N-dealkylation sites (tertiary alicyclic amines) is 1. The molecule has 0 saturated carbocycles. The van der Waals surface area contributed by atoms with Crippen molar-refractivity contribution in [3.05, 3.63) is 54.2 Å². The van der Waals surface area contributed by atoms with Gasteiger partial charge in [0, 0.05) is 25.0 Å². The smallest absolute Gasteiger partial charge is 0.257 e. The second-order valence-corrected chi connectivity index (χ2v) is 7.61. The first-order valence-corrected chi connectivity index (χ1v) is 8.70. The lowest BCUT2D eigenvalue weighted by molar-refractivity contribution is 0.0245. The monoisotopic (exact) mass is 330 g/mol. The lowest BCUT2D eigenvalue weighted by Crippen LogP contribution is -2.60. The van der Waals surface area contributed by atoms with Gasteiger partial charge in [0.2, 0.25) is 0 Å². The molecule has 0 aliphatic carbocycles. The Morgan fingerprint density at radius 3 is 3.09 bits per heavy atom. The highest BCUT2D eigenvalue weighted by Crippen LogP contribution is 2.46. The lowest BCUT2D eigenvalue weighted by Gasteiger charge is -2.47. The Morgan fingerprint density at radius 2 is 2.35 bits per heavy atom. The normalized spacial score (nSPS) is 22.3. The van der Waals surface area contributed by atoms with Crippen molar-refractivity contribution in [1.82, 2.24) is 9.88 Å². The van der Waals surface area contributed by atoms with E-state index in [-0.39, 0.29) is 16.8 Å². The van der Waals surface area contributed by atoms with Crippen LogP contribution in [0.3, 0.4) is 0 Å². The summed E-state index contributed by atoms with van der Waals surface area (Å²) in [7, 11) is 0. The number of furan rings is 1. The van der Waals surface area contributed by atoms with Gasteiger partial charge in [-0.05, 0) is 24.6 Å². The number of hydrogen-bond donors (Lipinski definition) is 0. The molecule has 0 aromatic carbocycles. The van der Waals surface area contributed by atoms with Crippen molar-refractivity contribution in [3.63, 3.8) is 0 Å². The molecule has 0 bridgehead atoms. The van der Waals surface area contributed by atoms with Crippen LogP contribution >= 0.6 is 11.8 Å². The van der Waals surface area contributed by atoms with Crippen LogP contribution in [0.5, 0.6) is 0 Å². The zero-order valence-corrected chi connectivity index (χ0v) is 13.5. The molecule has 1 atom stereocenters. The van der Waals surface area contributed by atoms with E-state index in [0.29, 0.717) is 12.2 Å². The maximum atomic E-state index is 12.2. The number of amides is 1. The molecule has 2 aliphatic rings. The first-order valence-electron chi connectivity index (χ1n) is 7.71. The summed E-state index contributed by atoms with van der Waals surface area (Å²) in [6, 6.07) is 7.58. The first kappa shape index (κ1) is 14.8. The molecule has 120 valence electrons. The predicted molar refractivity (Wildman–Crippen MR) is 87.2 cm³/mol. The van der Waals surface area contributed by atoms with Crippen LogP contribution in [0.1, 0.15) is 22.5 Å². The lowest BCUT2D eigenvalue weighted by atomic mass is 9.92. The number of pyridine rings is 1. The number of thioether (sulfide) groups is 1. The molecule has 6 heteroatoms. The average molecular weight is 330 g/mol. The van der Waals surface area contributed by atoms with Crippen LogP contribution in [-0.2, 0) is 11.3 Å². The van der Waals surface area contributed by atoms with Gasteiger partial charge in [-0.2, -0.15) is 0 Å². The van der Waals surface area contributed by atoms with Gasteiger partial charge in [-0.1, -0.05) is 6.07 Å². The Morgan fingerprint density at radius 1 is 1.43 bits per heavy atom. The summed E-state index contributed by atoms with van der Waals surface area (Å²) in [5.41, 5.74) is 1.59. The summed E-state index contributed by atoms with van der Waals surface area (Å²) in [5.74, 6) is 1.04. The maximum Gasteiger partial charge on any atom is 0.257 e. The SMILES string of the molecule is O=C(c1ccoc1)N1CC2(CC(OCc3ccccn3)CS2)C1. The van der Waals surface area contributed by atoms with E-state index in [1.54, 1.807) is 12.3 Å². The zero-order chi connectivity index (χ0) is 15.7. The summed E-state index contributed by atoms with van der Waals surface area (Å²) in [6.07, 6.45) is 6.07. The molecule has 4 heterocycles. The summed E-state index contributed by atoms with van der Waals surface area (Å²) in [6.45, 7) is 2.15. The Kier molecular flexibility index (Phi) is 3.87. The van der Waals surface area contributed by atoms with Gasteiger partial charge in [0.05, 0.1) is 35.0 Å². The van der Waals surface area contributed by atoms with Crippen molar-refractivity contribution in [1.29, 1.82) is 0 Å². The molecule has 2 aromatic rings. The number of nitrogens with zero attached hydrogens (tertiary/aromatic N) is 2. The quantitative estimate of drug-likeness (QED) is 0.862. The average Bonchev–Trinajstić information content (AvgIpc) is 3.22. The van der Waals surface area contributed by atoms with Crippen LogP contribution in [0.25, 0.3) is 0 Å². The number of ether oxygens (including phenoxy) is 1. The second kappa shape index (κ2) is 6.02. The minimum Gasteiger partial charge on any atom is -0.472 e. The molecule has 1 spiro atoms. The highest BCUT2D eigenvalue weighted by Gasteiger charge is 2.51. The van der Waals surface area contributed by atoms with E-state index in [0.717, 1.165) is 31.0 Å². The first-order chi connectivity index (χ1) is 11.2. The largest absolute Gasteiger partial charge is 0.472 e. The Balaban J connectivity index is 1.27. The molecule has 0 N–H and O–H groups in total.